The van der Waals surface area contributed by atoms with E-state index >= 15 is 0 Å². The molecule has 25 heavy (non-hydrogen) atoms. The summed E-state index contributed by atoms with van der Waals surface area (Å²) in [4.78, 5) is 25.0. The normalized spacial score (nSPS) is 16.6. The predicted octanol–water partition coefficient (Wildman–Crippen LogP) is 2.72. The monoisotopic (exact) mass is 369 g/mol. The van der Waals surface area contributed by atoms with Crippen molar-refractivity contribution >= 4 is 23.2 Å². The largest absolute Gasteiger partial charge is 0.379 e. The highest BCUT2D eigenvalue weighted by Gasteiger charge is 2.23. The maximum atomic E-state index is 12.4. The van der Waals surface area contributed by atoms with Crippen LogP contribution in [0.4, 0.5) is 5.69 Å². The van der Waals surface area contributed by atoms with E-state index in [9.17, 15) is 14.9 Å². The first kappa shape index (κ1) is 19.6. The molecule has 0 aromatic heterocycles. The number of rotatable bonds is 7. The second-order valence-corrected chi connectivity index (χ2v) is 6.97. The maximum Gasteiger partial charge on any atom is 0.270 e. The van der Waals surface area contributed by atoms with Crippen LogP contribution >= 0.6 is 11.6 Å². The Bertz CT molecular complexity index is 618. The van der Waals surface area contributed by atoms with Crippen molar-refractivity contribution in [3.63, 3.8) is 0 Å². The molecule has 0 bridgehead atoms. The highest BCUT2D eigenvalue weighted by atomic mass is 35.5. The summed E-state index contributed by atoms with van der Waals surface area (Å²) < 4.78 is 5.39. The van der Waals surface area contributed by atoms with Crippen molar-refractivity contribution in [2.45, 2.75) is 26.3 Å². The molecule has 1 N–H and O–H groups in total. The molecule has 0 saturated carbocycles. The molecule has 8 heteroatoms. The molecule has 1 saturated heterocycles. The van der Waals surface area contributed by atoms with Gasteiger partial charge >= 0.3 is 0 Å². The maximum absolute atomic E-state index is 12.4. The van der Waals surface area contributed by atoms with E-state index in [4.69, 9.17) is 16.3 Å². The van der Waals surface area contributed by atoms with E-state index in [1.54, 1.807) is 0 Å². The van der Waals surface area contributed by atoms with Crippen LogP contribution in [0.1, 0.15) is 30.6 Å². The van der Waals surface area contributed by atoms with Gasteiger partial charge in [0, 0.05) is 37.8 Å². The van der Waals surface area contributed by atoms with Crippen molar-refractivity contribution in [1.29, 1.82) is 0 Å². The van der Waals surface area contributed by atoms with E-state index < -0.39 is 4.92 Å². The molecule has 1 amide bonds. The topological polar surface area (TPSA) is 84.7 Å². The fraction of sp³-hybridized carbons (Fsp3) is 0.588. The van der Waals surface area contributed by atoms with E-state index in [1.165, 1.54) is 18.2 Å². The smallest absolute Gasteiger partial charge is 0.270 e. The zero-order chi connectivity index (χ0) is 18.4. The lowest BCUT2D eigenvalue weighted by atomic mass is 10.0. The van der Waals surface area contributed by atoms with Crippen LogP contribution in [0.15, 0.2) is 18.2 Å². The van der Waals surface area contributed by atoms with Gasteiger partial charge in [0.2, 0.25) is 0 Å². The molecule has 0 aliphatic carbocycles. The third-order valence-electron chi connectivity index (χ3n) is 4.21. The molecular weight excluding hydrogens is 346 g/mol. The molecule has 1 heterocycles. The summed E-state index contributed by atoms with van der Waals surface area (Å²) in [7, 11) is 0. The van der Waals surface area contributed by atoms with Crippen molar-refractivity contribution in [2.24, 2.45) is 5.92 Å². The van der Waals surface area contributed by atoms with E-state index in [2.05, 4.69) is 24.1 Å². The molecule has 0 spiro atoms. The number of morpholine rings is 1. The van der Waals surface area contributed by atoms with Gasteiger partial charge in [0.05, 0.1) is 28.7 Å². The number of nitro groups is 1. The van der Waals surface area contributed by atoms with Crippen LogP contribution in [-0.2, 0) is 4.74 Å². The molecule has 1 atom stereocenters. The average Bonchev–Trinajstić information content (AvgIpc) is 2.58. The number of nitrogens with one attached hydrogen (secondary N) is 1. The fourth-order valence-corrected chi connectivity index (χ4v) is 3.22. The summed E-state index contributed by atoms with van der Waals surface area (Å²) in [5.41, 5.74) is 0.116. The third kappa shape index (κ3) is 5.66. The van der Waals surface area contributed by atoms with Crippen LogP contribution in [0.25, 0.3) is 0 Å². The van der Waals surface area contributed by atoms with Gasteiger partial charge in [-0.1, -0.05) is 25.4 Å². The quantitative estimate of drug-likeness (QED) is 0.590. The number of nitro benzene ring substituents is 1. The number of amides is 1. The third-order valence-corrected chi connectivity index (χ3v) is 4.52. The lowest BCUT2D eigenvalue weighted by molar-refractivity contribution is -0.384. The van der Waals surface area contributed by atoms with Crippen molar-refractivity contribution < 1.29 is 14.5 Å². The van der Waals surface area contributed by atoms with Gasteiger partial charge < -0.3 is 10.1 Å². The summed E-state index contributed by atoms with van der Waals surface area (Å²) in [6.07, 6.45) is 0.967. The van der Waals surface area contributed by atoms with Crippen LogP contribution in [-0.4, -0.2) is 54.6 Å². The van der Waals surface area contributed by atoms with Gasteiger partial charge in [0.1, 0.15) is 0 Å². The molecule has 138 valence electrons. The zero-order valence-electron chi connectivity index (χ0n) is 14.5. The molecular formula is C17H24ClN3O4. The number of carbonyl (C=O) groups is 1. The van der Waals surface area contributed by atoms with Gasteiger partial charge in [-0.25, -0.2) is 0 Å². The average molecular weight is 370 g/mol. The summed E-state index contributed by atoms with van der Waals surface area (Å²) >= 11 is 6.02. The number of nitrogens with zero attached hydrogens (tertiary/aromatic N) is 2. The molecule has 1 unspecified atom stereocenters. The molecule has 1 aliphatic rings. The van der Waals surface area contributed by atoms with Crippen LogP contribution < -0.4 is 5.32 Å². The van der Waals surface area contributed by atoms with Crippen LogP contribution in [0.2, 0.25) is 5.02 Å². The van der Waals surface area contributed by atoms with Crippen LogP contribution in [0.3, 0.4) is 0 Å². The Hall–Kier alpha value is -1.70. The highest BCUT2D eigenvalue weighted by molar-refractivity contribution is 6.34. The number of carbonyl (C=O) groups excluding carboxylic acids is 1. The first-order chi connectivity index (χ1) is 11.9. The summed E-state index contributed by atoms with van der Waals surface area (Å²) in [5.74, 6) is 0.189. The van der Waals surface area contributed by atoms with E-state index in [0.717, 1.165) is 19.5 Å². The van der Waals surface area contributed by atoms with Gasteiger partial charge in [-0.2, -0.15) is 0 Å². The second kappa shape index (κ2) is 9.12. The molecule has 2 rings (SSSR count). The Balaban J connectivity index is 2.01. The number of hydrogen-bond acceptors (Lipinski definition) is 5. The number of hydrogen-bond donors (Lipinski definition) is 1. The van der Waals surface area contributed by atoms with Crippen molar-refractivity contribution in [3.8, 4) is 0 Å². The van der Waals surface area contributed by atoms with Gasteiger partial charge in [-0.05, 0) is 18.4 Å². The molecule has 0 radical (unpaired) electrons. The highest BCUT2D eigenvalue weighted by Crippen LogP contribution is 2.22. The van der Waals surface area contributed by atoms with Gasteiger partial charge in [0.25, 0.3) is 11.6 Å². The first-order valence-electron chi connectivity index (χ1n) is 8.42. The summed E-state index contributed by atoms with van der Waals surface area (Å²) in [6.45, 7) is 7.93. The van der Waals surface area contributed by atoms with Gasteiger partial charge in [-0.15, -0.1) is 0 Å². The Morgan fingerprint density at radius 3 is 2.64 bits per heavy atom. The molecule has 1 fully saturated rings. The first-order valence-corrected chi connectivity index (χ1v) is 8.80. The van der Waals surface area contributed by atoms with E-state index in [1.807, 2.05) is 0 Å². The Labute approximate surface area is 152 Å². The molecule has 1 aromatic carbocycles. The van der Waals surface area contributed by atoms with Crippen molar-refractivity contribution in [1.82, 2.24) is 10.2 Å². The summed E-state index contributed by atoms with van der Waals surface area (Å²) in [6, 6.07) is 4.10. The Kier molecular flexibility index (Phi) is 7.16. The summed E-state index contributed by atoms with van der Waals surface area (Å²) in [5, 5.41) is 13.8. The molecule has 1 aromatic rings. The number of halogens is 1. The molecule has 7 nitrogen and oxygen atoms in total. The zero-order valence-corrected chi connectivity index (χ0v) is 15.3. The lowest BCUT2D eigenvalue weighted by Gasteiger charge is -2.35. The van der Waals surface area contributed by atoms with E-state index in [0.29, 0.717) is 25.7 Å². The van der Waals surface area contributed by atoms with Gasteiger partial charge in [-0.3, -0.25) is 19.8 Å². The molecule has 1 aliphatic heterocycles. The fourth-order valence-electron chi connectivity index (χ4n) is 2.96. The lowest BCUT2D eigenvalue weighted by Crippen LogP contribution is -2.49. The Morgan fingerprint density at radius 1 is 1.40 bits per heavy atom. The minimum atomic E-state index is -0.537. The standard InChI is InChI=1S/C17H24ClN3O4/c1-12(2)9-14(20-5-7-25-8-6-20)11-19-17(22)15-4-3-13(21(23)24)10-16(15)18/h3-4,10,12,14H,5-9,11H2,1-2H3,(H,19,22). The van der Waals surface area contributed by atoms with E-state index in [-0.39, 0.29) is 28.2 Å². The van der Waals surface area contributed by atoms with Crippen molar-refractivity contribution in [2.75, 3.05) is 32.8 Å². The number of ether oxygens (including phenoxy) is 1. The number of non-ortho nitro benzene ring substituents is 1. The van der Waals surface area contributed by atoms with Gasteiger partial charge in [0.15, 0.2) is 0 Å². The minimum absolute atomic E-state index is 0.0819. The SMILES string of the molecule is CC(C)CC(CNC(=O)c1ccc([N+](=O)[O-])cc1Cl)N1CCOCC1. The second-order valence-electron chi connectivity index (χ2n) is 6.56. The Morgan fingerprint density at radius 2 is 2.08 bits per heavy atom. The predicted molar refractivity (Wildman–Crippen MR) is 96.1 cm³/mol. The minimum Gasteiger partial charge on any atom is -0.379 e. The van der Waals surface area contributed by atoms with Crippen LogP contribution in [0.5, 0.6) is 0 Å². The van der Waals surface area contributed by atoms with Crippen LogP contribution in [0, 0.1) is 16.0 Å². The van der Waals surface area contributed by atoms with Crippen molar-refractivity contribution in [3.05, 3.63) is 38.9 Å². The number of benzene rings is 1.